The fraction of sp³-hybridized carbons (Fsp3) is 0.333. The van der Waals surface area contributed by atoms with E-state index in [1.807, 2.05) is 77.1 Å². The molecule has 0 saturated carbocycles. The summed E-state index contributed by atoms with van der Waals surface area (Å²) >= 11 is 0. The van der Waals surface area contributed by atoms with Crippen LogP contribution >= 0.6 is 0 Å². The Kier molecular flexibility index (Phi) is 7.90. The molecule has 39 heavy (non-hydrogen) atoms. The molecule has 1 heterocycles. The summed E-state index contributed by atoms with van der Waals surface area (Å²) in [6.07, 6.45) is 0. The second-order valence-electron chi connectivity index (χ2n) is 10.5. The van der Waals surface area contributed by atoms with Crippen LogP contribution < -0.4 is 19.7 Å². The van der Waals surface area contributed by atoms with Gasteiger partial charge in [-0.1, -0.05) is 35.0 Å². The van der Waals surface area contributed by atoms with Gasteiger partial charge in [0.05, 0.1) is 19.7 Å². The van der Waals surface area contributed by atoms with Crippen LogP contribution in [0.2, 0.25) is 0 Å². The molecule has 0 aliphatic rings. The summed E-state index contributed by atoms with van der Waals surface area (Å²) in [5, 5.41) is 11.5. The first-order chi connectivity index (χ1) is 18.5. The molecule has 0 saturated heterocycles. The molecule has 0 radical (unpaired) electrons. The molecule has 2 amide bonds. The summed E-state index contributed by atoms with van der Waals surface area (Å²) in [6, 6.07) is 17.4. The van der Waals surface area contributed by atoms with E-state index in [9.17, 15) is 9.59 Å². The number of para-hydroxylation sites is 1. The average Bonchev–Trinajstić information content (AvgIpc) is 3.29. The normalized spacial score (nSPS) is 12.2. The highest BCUT2D eigenvalue weighted by Crippen LogP contribution is 2.37. The molecule has 4 rings (SSSR count). The summed E-state index contributed by atoms with van der Waals surface area (Å²) in [4.78, 5) is 30.0. The molecule has 0 bridgehead atoms. The van der Waals surface area contributed by atoms with Crippen LogP contribution in [0.1, 0.15) is 43.5 Å². The molecule has 1 atom stereocenters. The van der Waals surface area contributed by atoms with E-state index in [2.05, 4.69) is 15.6 Å². The average molecular weight is 530 g/mol. The number of fused-ring (bicyclic) bond motifs is 1. The van der Waals surface area contributed by atoms with Gasteiger partial charge < -0.3 is 14.8 Å². The smallest absolute Gasteiger partial charge is 0.249 e. The molecule has 0 aliphatic heterocycles. The van der Waals surface area contributed by atoms with Gasteiger partial charge in [0.25, 0.3) is 0 Å². The largest absolute Gasteiger partial charge is 0.497 e. The molecule has 9 nitrogen and oxygen atoms in total. The number of aryl methyl sites for hydroxylation is 2. The number of methoxy groups -OCH3 is 2. The van der Waals surface area contributed by atoms with Crippen molar-refractivity contribution >= 4 is 28.5 Å². The summed E-state index contributed by atoms with van der Waals surface area (Å²) < 4.78 is 12.7. The van der Waals surface area contributed by atoms with Crippen molar-refractivity contribution in [3.8, 4) is 11.5 Å². The highest BCUT2D eigenvalue weighted by atomic mass is 16.5. The van der Waals surface area contributed by atoms with Crippen molar-refractivity contribution in [3.05, 3.63) is 77.4 Å². The van der Waals surface area contributed by atoms with E-state index in [-0.39, 0.29) is 18.4 Å². The number of aromatic nitrogens is 3. The molecular formula is C30H35N5O4. The van der Waals surface area contributed by atoms with E-state index in [1.165, 1.54) is 12.0 Å². The maximum absolute atomic E-state index is 14.3. The van der Waals surface area contributed by atoms with Crippen molar-refractivity contribution in [3.63, 3.8) is 0 Å². The van der Waals surface area contributed by atoms with Crippen molar-refractivity contribution in [1.29, 1.82) is 0 Å². The molecular weight excluding hydrogens is 494 g/mol. The van der Waals surface area contributed by atoms with Gasteiger partial charge in [-0.2, -0.15) is 0 Å². The zero-order valence-corrected chi connectivity index (χ0v) is 23.5. The number of anilines is 1. The maximum Gasteiger partial charge on any atom is 0.249 e. The highest BCUT2D eigenvalue weighted by molar-refractivity contribution is 6.02. The van der Waals surface area contributed by atoms with Crippen LogP contribution in [0.3, 0.4) is 0 Å². The summed E-state index contributed by atoms with van der Waals surface area (Å²) in [5.41, 5.74) is 3.84. The van der Waals surface area contributed by atoms with Crippen LogP contribution in [0.5, 0.6) is 11.5 Å². The number of ether oxygens (including phenoxy) is 2. The molecule has 0 spiro atoms. The topological polar surface area (TPSA) is 98.6 Å². The Bertz CT molecular complexity index is 1510. The highest BCUT2D eigenvalue weighted by Gasteiger charge is 2.37. The van der Waals surface area contributed by atoms with Gasteiger partial charge in [0.1, 0.15) is 29.6 Å². The molecule has 0 unspecified atom stereocenters. The Morgan fingerprint density at radius 3 is 2.41 bits per heavy atom. The monoisotopic (exact) mass is 529 g/mol. The fourth-order valence-corrected chi connectivity index (χ4v) is 4.62. The number of hydrogen-bond donors (Lipinski definition) is 1. The van der Waals surface area contributed by atoms with Crippen LogP contribution in [0.25, 0.3) is 11.0 Å². The van der Waals surface area contributed by atoms with Crippen molar-refractivity contribution in [2.45, 2.75) is 52.7 Å². The van der Waals surface area contributed by atoms with Crippen LogP contribution in [0, 0.1) is 13.8 Å². The Morgan fingerprint density at radius 1 is 1.00 bits per heavy atom. The number of benzene rings is 3. The third-order valence-corrected chi connectivity index (χ3v) is 6.32. The Balaban J connectivity index is 1.93. The van der Waals surface area contributed by atoms with Crippen molar-refractivity contribution < 1.29 is 19.1 Å². The summed E-state index contributed by atoms with van der Waals surface area (Å²) in [7, 11) is 3.09. The number of carbonyl (C=O) groups excluding carboxylic acids is 2. The molecule has 9 heteroatoms. The van der Waals surface area contributed by atoms with Crippen molar-refractivity contribution in [2.75, 3.05) is 19.1 Å². The van der Waals surface area contributed by atoms with Gasteiger partial charge in [0, 0.05) is 16.8 Å². The Labute approximate surface area is 228 Å². The standard InChI is InChI=1S/C30H35N5O4/c1-19-12-14-24(20(2)16-19)35(27(36)18-34-25-11-9-8-10-23(25)32-33-34)28(29(37)31-30(3,4)5)22-17-21(38-6)13-15-26(22)39-7/h8-17,28H,18H2,1-7H3,(H,31,37)/t28-/m1/s1. The van der Waals surface area contributed by atoms with Gasteiger partial charge in [0.15, 0.2) is 0 Å². The summed E-state index contributed by atoms with van der Waals surface area (Å²) in [5.74, 6) is 0.302. The molecule has 204 valence electrons. The lowest BCUT2D eigenvalue weighted by molar-refractivity contribution is -0.128. The Hall–Kier alpha value is -4.40. The van der Waals surface area contributed by atoms with E-state index in [4.69, 9.17) is 9.47 Å². The lowest BCUT2D eigenvalue weighted by Crippen LogP contribution is -2.50. The van der Waals surface area contributed by atoms with Crippen LogP contribution in [-0.2, 0) is 16.1 Å². The van der Waals surface area contributed by atoms with Crippen LogP contribution in [0.4, 0.5) is 5.69 Å². The minimum atomic E-state index is -1.07. The zero-order valence-electron chi connectivity index (χ0n) is 23.5. The van der Waals surface area contributed by atoms with Gasteiger partial charge in [-0.05, 0) is 76.6 Å². The fourth-order valence-electron chi connectivity index (χ4n) is 4.62. The quantitative estimate of drug-likeness (QED) is 0.354. The van der Waals surface area contributed by atoms with Gasteiger partial charge in [-0.15, -0.1) is 5.10 Å². The lowest BCUT2D eigenvalue weighted by Gasteiger charge is -2.35. The SMILES string of the molecule is COc1ccc(OC)c([C@H](C(=O)NC(C)(C)C)N(C(=O)Cn2nnc3ccccc32)c2ccc(C)cc2C)c1. The number of carbonyl (C=O) groups is 2. The molecule has 0 fully saturated rings. The number of rotatable bonds is 8. The Morgan fingerprint density at radius 2 is 1.74 bits per heavy atom. The zero-order chi connectivity index (χ0) is 28.3. The molecule has 0 aliphatic carbocycles. The number of nitrogens with one attached hydrogen (secondary N) is 1. The predicted molar refractivity (Wildman–Crippen MR) is 151 cm³/mol. The first-order valence-electron chi connectivity index (χ1n) is 12.7. The van der Waals surface area contributed by atoms with E-state index < -0.39 is 11.6 Å². The number of nitrogens with zero attached hydrogens (tertiary/aromatic N) is 4. The number of hydrogen-bond acceptors (Lipinski definition) is 6. The third kappa shape index (κ3) is 6.03. The van der Waals surface area contributed by atoms with Crippen LogP contribution in [0.15, 0.2) is 60.7 Å². The lowest BCUT2D eigenvalue weighted by atomic mass is 9.98. The van der Waals surface area contributed by atoms with Crippen LogP contribution in [-0.4, -0.2) is 46.6 Å². The van der Waals surface area contributed by atoms with Crippen molar-refractivity contribution in [1.82, 2.24) is 20.3 Å². The maximum atomic E-state index is 14.3. The van der Waals surface area contributed by atoms with E-state index in [0.29, 0.717) is 28.3 Å². The summed E-state index contributed by atoms with van der Waals surface area (Å²) in [6.45, 7) is 9.48. The second kappa shape index (κ2) is 11.1. The minimum absolute atomic E-state index is 0.126. The van der Waals surface area contributed by atoms with Gasteiger partial charge in [-0.25, -0.2) is 4.68 Å². The molecule has 4 aromatic rings. The molecule has 3 aromatic carbocycles. The van der Waals surface area contributed by atoms with Crippen molar-refractivity contribution in [2.24, 2.45) is 0 Å². The van der Waals surface area contributed by atoms with E-state index >= 15 is 0 Å². The molecule has 1 N–H and O–H groups in total. The molecule has 1 aromatic heterocycles. The van der Waals surface area contributed by atoms with E-state index in [1.54, 1.807) is 30.0 Å². The first-order valence-corrected chi connectivity index (χ1v) is 12.7. The van der Waals surface area contributed by atoms with Gasteiger partial charge in [0.2, 0.25) is 11.8 Å². The van der Waals surface area contributed by atoms with Gasteiger partial charge >= 0.3 is 0 Å². The first kappa shape index (κ1) is 27.6. The third-order valence-electron chi connectivity index (χ3n) is 6.32. The second-order valence-corrected chi connectivity index (χ2v) is 10.5. The minimum Gasteiger partial charge on any atom is -0.497 e. The van der Waals surface area contributed by atoms with Gasteiger partial charge in [-0.3, -0.25) is 14.5 Å². The van der Waals surface area contributed by atoms with E-state index in [0.717, 1.165) is 16.6 Å². The number of amides is 2. The predicted octanol–water partition coefficient (Wildman–Crippen LogP) is 4.75.